The second-order valence-electron chi connectivity index (χ2n) is 6.28. The molecular formula is C17H21BrN4O. The Bertz CT molecular complexity index is 711. The van der Waals surface area contributed by atoms with Gasteiger partial charge in [-0.15, -0.1) is 0 Å². The molecule has 122 valence electrons. The number of nitrogens with zero attached hydrogens (tertiary/aromatic N) is 3. The molecule has 1 aromatic heterocycles. The Morgan fingerprint density at radius 1 is 1.30 bits per heavy atom. The Labute approximate surface area is 144 Å². The molecule has 1 N–H and O–H groups in total. The summed E-state index contributed by atoms with van der Waals surface area (Å²) < 4.78 is 1.02. The summed E-state index contributed by atoms with van der Waals surface area (Å²) in [4.78, 5) is 23.2. The molecule has 0 radical (unpaired) electrons. The monoisotopic (exact) mass is 376 g/mol. The van der Waals surface area contributed by atoms with Gasteiger partial charge >= 0.3 is 0 Å². The highest BCUT2D eigenvalue weighted by molar-refractivity contribution is 9.10. The average Bonchev–Trinajstić information content (AvgIpc) is 2.54. The van der Waals surface area contributed by atoms with Gasteiger partial charge in [-0.05, 0) is 44.9 Å². The molecule has 0 bridgehead atoms. The third kappa shape index (κ3) is 3.63. The molecule has 1 aliphatic heterocycles. The summed E-state index contributed by atoms with van der Waals surface area (Å²) in [6.45, 7) is 5.68. The molecule has 6 heteroatoms. The van der Waals surface area contributed by atoms with E-state index in [1.165, 1.54) is 0 Å². The Morgan fingerprint density at radius 2 is 2.04 bits per heavy atom. The van der Waals surface area contributed by atoms with Gasteiger partial charge in [0.15, 0.2) is 0 Å². The molecule has 0 spiro atoms. The summed E-state index contributed by atoms with van der Waals surface area (Å²) in [5, 5.41) is 4.06. The summed E-state index contributed by atoms with van der Waals surface area (Å²) in [6.07, 6.45) is 3.33. The van der Waals surface area contributed by atoms with E-state index in [1.807, 2.05) is 26.0 Å². The SMILES string of the molecule is CC(C)NC(=O)C1CCN(c2ncnc3ccc(Br)cc23)CC1. The van der Waals surface area contributed by atoms with E-state index < -0.39 is 0 Å². The van der Waals surface area contributed by atoms with Crippen molar-refractivity contribution in [1.82, 2.24) is 15.3 Å². The van der Waals surface area contributed by atoms with Gasteiger partial charge in [0.25, 0.3) is 0 Å². The minimum absolute atomic E-state index is 0.105. The molecule has 1 saturated heterocycles. The quantitative estimate of drug-likeness (QED) is 0.893. The molecule has 1 aromatic carbocycles. The normalized spacial score (nSPS) is 16.1. The van der Waals surface area contributed by atoms with Crippen LogP contribution >= 0.6 is 15.9 Å². The Kier molecular flexibility index (Phi) is 4.80. The first-order chi connectivity index (χ1) is 11.0. The van der Waals surface area contributed by atoms with Crippen molar-refractivity contribution >= 4 is 38.6 Å². The van der Waals surface area contributed by atoms with Crippen LogP contribution in [-0.2, 0) is 4.79 Å². The summed E-state index contributed by atoms with van der Waals surface area (Å²) in [7, 11) is 0. The number of hydrogen-bond donors (Lipinski definition) is 1. The van der Waals surface area contributed by atoms with E-state index in [0.29, 0.717) is 0 Å². The highest BCUT2D eigenvalue weighted by Crippen LogP contribution is 2.29. The molecule has 0 atom stereocenters. The van der Waals surface area contributed by atoms with E-state index in [9.17, 15) is 4.79 Å². The maximum absolute atomic E-state index is 12.1. The van der Waals surface area contributed by atoms with Crippen LogP contribution in [0.1, 0.15) is 26.7 Å². The number of fused-ring (bicyclic) bond motifs is 1. The molecule has 1 aliphatic rings. The van der Waals surface area contributed by atoms with Gasteiger partial charge in [-0.25, -0.2) is 9.97 Å². The first kappa shape index (κ1) is 16.2. The number of hydrogen-bond acceptors (Lipinski definition) is 4. The highest BCUT2D eigenvalue weighted by atomic mass is 79.9. The van der Waals surface area contributed by atoms with Crippen molar-refractivity contribution in [1.29, 1.82) is 0 Å². The Balaban J connectivity index is 1.75. The lowest BCUT2D eigenvalue weighted by Crippen LogP contribution is -2.42. The van der Waals surface area contributed by atoms with Crippen LogP contribution in [0, 0.1) is 5.92 Å². The zero-order valence-electron chi connectivity index (χ0n) is 13.4. The average molecular weight is 377 g/mol. The van der Waals surface area contributed by atoms with Crippen molar-refractivity contribution in [2.75, 3.05) is 18.0 Å². The highest BCUT2D eigenvalue weighted by Gasteiger charge is 2.26. The topological polar surface area (TPSA) is 58.1 Å². The summed E-state index contributed by atoms with van der Waals surface area (Å²) in [6, 6.07) is 6.24. The van der Waals surface area contributed by atoms with E-state index in [2.05, 4.69) is 42.2 Å². The largest absolute Gasteiger partial charge is 0.356 e. The van der Waals surface area contributed by atoms with Crippen molar-refractivity contribution in [2.45, 2.75) is 32.7 Å². The van der Waals surface area contributed by atoms with Gasteiger partial charge in [0.2, 0.25) is 5.91 Å². The van der Waals surface area contributed by atoms with Crippen LogP contribution in [0.25, 0.3) is 10.9 Å². The van der Waals surface area contributed by atoms with Gasteiger partial charge in [-0.3, -0.25) is 4.79 Å². The number of carbonyl (C=O) groups is 1. The first-order valence-corrected chi connectivity index (χ1v) is 8.79. The van der Waals surface area contributed by atoms with Gasteiger partial charge in [0, 0.05) is 34.9 Å². The summed E-state index contributed by atoms with van der Waals surface area (Å²) in [5.41, 5.74) is 0.942. The van der Waals surface area contributed by atoms with Crippen molar-refractivity contribution in [3.8, 4) is 0 Å². The van der Waals surface area contributed by atoms with Crippen molar-refractivity contribution in [3.63, 3.8) is 0 Å². The molecule has 0 unspecified atom stereocenters. The maximum atomic E-state index is 12.1. The lowest BCUT2D eigenvalue weighted by atomic mass is 9.95. The van der Waals surface area contributed by atoms with Crippen LogP contribution in [0.5, 0.6) is 0 Å². The fraction of sp³-hybridized carbons (Fsp3) is 0.471. The first-order valence-electron chi connectivity index (χ1n) is 8.00. The lowest BCUT2D eigenvalue weighted by Gasteiger charge is -2.33. The van der Waals surface area contributed by atoms with Gasteiger partial charge in [-0.1, -0.05) is 15.9 Å². The summed E-state index contributed by atoms with van der Waals surface area (Å²) >= 11 is 3.52. The van der Waals surface area contributed by atoms with E-state index in [-0.39, 0.29) is 17.9 Å². The zero-order valence-corrected chi connectivity index (χ0v) is 15.0. The predicted octanol–water partition coefficient (Wildman–Crippen LogP) is 3.13. The number of benzene rings is 1. The third-order valence-corrected chi connectivity index (χ3v) is 4.67. The fourth-order valence-electron chi connectivity index (χ4n) is 3.02. The van der Waals surface area contributed by atoms with Crippen LogP contribution in [0.2, 0.25) is 0 Å². The molecule has 1 fully saturated rings. The van der Waals surface area contributed by atoms with Gasteiger partial charge in [0.05, 0.1) is 5.52 Å². The lowest BCUT2D eigenvalue weighted by molar-refractivity contribution is -0.126. The molecule has 5 nitrogen and oxygen atoms in total. The molecular weight excluding hydrogens is 356 g/mol. The summed E-state index contributed by atoms with van der Waals surface area (Å²) in [5.74, 6) is 1.24. The van der Waals surface area contributed by atoms with Crippen LogP contribution in [0.3, 0.4) is 0 Å². The number of aromatic nitrogens is 2. The van der Waals surface area contributed by atoms with E-state index in [0.717, 1.165) is 47.1 Å². The van der Waals surface area contributed by atoms with Gasteiger partial charge in [0.1, 0.15) is 12.1 Å². The smallest absolute Gasteiger partial charge is 0.223 e. The third-order valence-electron chi connectivity index (χ3n) is 4.17. The number of amides is 1. The number of nitrogens with one attached hydrogen (secondary N) is 1. The molecule has 23 heavy (non-hydrogen) atoms. The molecule has 3 rings (SSSR count). The number of piperidine rings is 1. The van der Waals surface area contributed by atoms with E-state index >= 15 is 0 Å². The van der Waals surface area contributed by atoms with E-state index in [4.69, 9.17) is 0 Å². The van der Waals surface area contributed by atoms with Crippen molar-refractivity contribution in [3.05, 3.63) is 29.0 Å². The molecule has 2 aromatic rings. The predicted molar refractivity (Wildman–Crippen MR) is 95.5 cm³/mol. The second kappa shape index (κ2) is 6.83. The van der Waals surface area contributed by atoms with Gasteiger partial charge in [-0.2, -0.15) is 0 Å². The van der Waals surface area contributed by atoms with Crippen molar-refractivity contribution in [2.24, 2.45) is 5.92 Å². The molecule has 0 aliphatic carbocycles. The number of halogens is 1. The minimum Gasteiger partial charge on any atom is -0.356 e. The van der Waals surface area contributed by atoms with Crippen molar-refractivity contribution < 1.29 is 4.79 Å². The van der Waals surface area contributed by atoms with Crippen LogP contribution in [0.4, 0.5) is 5.82 Å². The van der Waals surface area contributed by atoms with Crippen LogP contribution in [-0.4, -0.2) is 35.0 Å². The number of rotatable bonds is 3. The van der Waals surface area contributed by atoms with E-state index in [1.54, 1.807) is 6.33 Å². The second-order valence-corrected chi connectivity index (χ2v) is 7.20. The maximum Gasteiger partial charge on any atom is 0.223 e. The Hall–Kier alpha value is -1.69. The number of anilines is 1. The van der Waals surface area contributed by atoms with Crippen LogP contribution < -0.4 is 10.2 Å². The fourth-order valence-corrected chi connectivity index (χ4v) is 3.38. The van der Waals surface area contributed by atoms with Crippen LogP contribution in [0.15, 0.2) is 29.0 Å². The zero-order chi connectivity index (χ0) is 16.4. The number of carbonyl (C=O) groups excluding carboxylic acids is 1. The molecule has 2 heterocycles. The molecule has 0 saturated carbocycles. The Morgan fingerprint density at radius 3 is 2.74 bits per heavy atom. The molecule has 1 amide bonds. The van der Waals surface area contributed by atoms with Gasteiger partial charge < -0.3 is 10.2 Å². The standard InChI is InChI=1S/C17H21BrN4O/c1-11(2)21-17(23)12-5-7-22(8-6-12)16-14-9-13(18)3-4-15(14)19-10-20-16/h3-4,9-12H,5-8H2,1-2H3,(H,21,23). The minimum atomic E-state index is 0.105.